The molecule has 0 aliphatic carbocycles. The van der Waals surface area contributed by atoms with Gasteiger partial charge in [0.1, 0.15) is 6.54 Å². The molecular formula is C17H17Cl2N3O3S. The average Bonchev–Trinajstić information content (AvgIpc) is 2.54. The molecule has 2 aromatic rings. The van der Waals surface area contributed by atoms with E-state index in [2.05, 4.69) is 10.5 Å². The van der Waals surface area contributed by atoms with Crippen LogP contribution < -0.4 is 9.73 Å². The van der Waals surface area contributed by atoms with Gasteiger partial charge < -0.3 is 0 Å². The van der Waals surface area contributed by atoms with Gasteiger partial charge in [-0.2, -0.15) is 5.10 Å². The SMILES string of the molecule is Cc1cc(Cl)ccc1N(CC(=O)N/N=C\c1ccc(Cl)cc1)S(C)(=O)=O. The minimum Gasteiger partial charge on any atom is -0.271 e. The van der Waals surface area contributed by atoms with E-state index in [1.807, 2.05) is 0 Å². The molecule has 0 unspecified atom stereocenters. The number of anilines is 1. The molecule has 2 rings (SSSR count). The standard InChI is InChI=1S/C17H17Cl2N3O3S/c1-12-9-15(19)7-8-16(12)22(26(2,24)25)11-17(23)21-20-10-13-3-5-14(18)6-4-13/h3-10H,11H2,1-2H3,(H,21,23)/b20-10-. The Balaban J connectivity index is 2.11. The van der Waals surface area contributed by atoms with E-state index in [0.29, 0.717) is 21.3 Å². The lowest BCUT2D eigenvalue weighted by atomic mass is 10.2. The molecule has 0 heterocycles. The zero-order valence-electron chi connectivity index (χ0n) is 14.1. The number of nitrogens with one attached hydrogen (secondary N) is 1. The van der Waals surface area contributed by atoms with Crippen molar-refractivity contribution in [3.05, 3.63) is 63.6 Å². The fourth-order valence-corrected chi connectivity index (χ4v) is 3.44. The number of carbonyl (C=O) groups excluding carboxylic acids is 1. The molecule has 0 aromatic heterocycles. The highest BCUT2D eigenvalue weighted by Crippen LogP contribution is 2.25. The summed E-state index contributed by atoms with van der Waals surface area (Å²) in [6.45, 7) is 1.31. The molecular weight excluding hydrogens is 397 g/mol. The normalized spacial score (nSPS) is 11.5. The molecule has 0 saturated heterocycles. The number of sulfonamides is 1. The maximum absolute atomic E-state index is 12.1. The lowest BCUT2D eigenvalue weighted by molar-refractivity contribution is -0.119. The molecule has 0 spiro atoms. The number of halogens is 2. The van der Waals surface area contributed by atoms with Gasteiger partial charge in [-0.05, 0) is 48.4 Å². The fourth-order valence-electron chi connectivity index (χ4n) is 2.17. The Kier molecular flexibility index (Phi) is 6.63. The van der Waals surface area contributed by atoms with Gasteiger partial charge in [0.25, 0.3) is 5.91 Å². The van der Waals surface area contributed by atoms with Gasteiger partial charge in [-0.25, -0.2) is 13.8 Å². The number of nitrogens with zero attached hydrogens (tertiary/aromatic N) is 2. The molecule has 0 bridgehead atoms. The van der Waals surface area contributed by atoms with Gasteiger partial charge in [-0.1, -0.05) is 35.3 Å². The lowest BCUT2D eigenvalue weighted by Gasteiger charge is -2.23. The topological polar surface area (TPSA) is 78.8 Å². The van der Waals surface area contributed by atoms with Gasteiger partial charge in [-0.15, -0.1) is 0 Å². The van der Waals surface area contributed by atoms with Crippen molar-refractivity contribution in [1.29, 1.82) is 0 Å². The van der Waals surface area contributed by atoms with Crippen molar-refractivity contribution in [3.8, 4) is 0 Å². The Morgan fingerprint density at radius 2 is 1.77 bits per heavy atom. The predicted molar refractivity (Wildman–Crippen MR) is 106 cm³/mol. The number of aryl methyl sites for hydroxylation is 1. The maximum Gasteiger partial charge on any atom is 0.260 e. The smallest absolute Gasteiger partial charge is 0.260 e. The van der Waals surface area contributed by atoms with Crippen LogP contribution in [-0.2, 0) is 14.8 Å². The van der Waals surface area contributed by atoms with Gasteiger partial charge in [0, 0.05) is 10.0 Å². The molecule has 0 fully saturated rings. The van der Waals surface area contributed by atoms with Crippen LogP contribution in [0.3, 0.4) is 0 Å². The van der Waals surface area contributed by atoms with Crippen molar-refractivity contribution >= 4 is 51.0 Å². The Labute approximate surface area is 162 Å². The second-order valence-electron chi connectivity index (χ2n) is 5.55. The summed E-state index contributed by atoms with van der Waals surface area (Å²) in [4.78, 5) is 12.1. The Morgan fingerprint density at radius 1 is 1.15 bits per heavy atom. The quantitative estimate of drug-likeness (QED) is 0.583. The number of hydrogen-bond acceptors (Lipinski definition) is 4. The first-order valence-corrected chi connectivity index (χ1v) is 10.1. The van der Waals surface area contributed by atoms with Crippen molar-refractivity contribution in [2.75, 3.05) is 17.1 Å². The van der Waals surface area contributed by atoms with Crippen LogP contribution in [0, 0.1) is 6.92 Å². The third kappa shape index (κ3) is 5.72. The van der Waals surface area contributed by atoms with E-state index in [9.17, 15) is 13.2 Å². The molecule has 2 aromatic carbocycles. The summed E-state index contributed by atoms with van der Waals surface area (Å²) in [5, 5.41) is 4.90. The number of carbonyl (C=O) groups is 1. The fraction of sp³-hybridized carbons (Fsp3) is 0.176. The highest BCUT2D eigenvalue weighted by atomic mass is 35.5. The van der Waals surface area contributed by atoms with E-state index in [-0.39, 0.29) is 0 Å². The van der Waals surface area contributed by atoms with Crippen molar-refractivity contribution in [2.45, 2.75) is 6.92 Å². The molecule has 9 heteroatoms. The first-order chi connectivity index (χ1) is 12.2. The van der Waals surface area contributed by atoms with Crippen LogP contribution in [0.5, 0.6) is 0 Å². The summed E-state index contributed by atoms with van der Waals surface area (Å²) in [6, 6.07) is 11.6. The summed E-state index contributed by atoms with van der Waals surface area (Å²) in [5.74, 6) is -0.574. The third-order valence-corrected chi connectivity index (χ3v) is 5.00. The molecule has 0 aliphatic heterocycles. The first kappa shape index (κ1) is 20.2. The van der Waals surface area contributed by atoms with E-state index < -0.39 is 22.5 Å². The third-order valence-electron chi connectivity index (χ3n) is 3.39. The summed E-state index contributed by atoms with van der Waals surface area (Å²) < 4.78 is 25.2. The average molecular weight is 414 g/mol. The molecule has 0 radical (unpaired) electrons. The molecule has 138 valence electrons. The van der Waals surface area contributed by atoms with Crippen molar-refractivity contribution in [3.63, 3.8) is 0 Å². The van der Waals surface area contributed by atoms with Crippen molar-refractivity contribution < 1.29 is 13.2 Å². The Bertz CT molecular complexity index is 929. The van der Waals surface area contributed by atoms with Gasteiger partial charge in [0.2, 0.25) is 10.0 Å². The predicted octanol–water partition coefficient (Wildman–Crippen LogP) is 3.22. The summed E-state index contributed by atoms with van der Waals surface area (Å²) in [6.07, 6.45) is 2.47. The van der Waals surface area contributed by atoms with Crippen LogP contribution in [-0.4, -0.2) is 33.3 Å². The van der Waals surface area contributed by atoms with E-state index >= 15 is 0 Å². The summed E-state index contributed by atoms with van der Waals surface area (Å²) in [5.41, 5.74) is 4.08. The molecule has 6 nitrogen and oxygen atoms in total. The second kappa shape index (κ2) is 8.53. The largest absolute Gasteiger partial charge is 0.271 e. The van der Waals surface area contributed by atoms with Gasteiger partial charge >= 0.3 is 0 Å². The summed E-state index contributed by atoms with van der Waals surface area (Å²) in [7, 11) is -3.67. The van der Waals surface area contributed by atoms with Gasteiger partial charge in [0.15, 0.2) is 0 Å². The summed E-state index contributed by atoms with van der Waals surface area (Å²) >= 11 is 11.7. The van der Waals surface area contributed by atoms with Crippen LogP contribution in [0.15, 0.2) is 47.6 Å². The van der Waals surface area contributed by atoms with Crippen molar-refractivity contribution in [2.24, 2.45) is 5.10 Å². The van der Waals surface area contributed by atoms with E-state index in [1.165, 1.54) is 6.21 Å². The van der Waals surface area contributed by atoms with Crippen LogP contribution in [0.25, 0.3) is 0 Å². The lowest BCUT2D eigenvalue weighted by Crippen LogP contribution is -2.39. The zero-order chi connectivity index (χ0) is 19.3. The van der Waals surface area contributed by atoms with E-state index in [1.54, 1.807) is 49.4 Å². The molecule has 0 saturated carbocycles. The molecule has 1 amide bonds. The molecule has 0 aliphatic rings. The number of amides is 1. The second-order valence-corrected chi connectivity index (χ2v) is 8.32. The van der Waals surface area contributed by atoms with Crippen LogP contribution in [0.1, 0.15) is 11.1 Å². The van der Waals surface area contributed by atoms with Crippen LogP contribution >= 0.6 is 23.2 Å². The highest BCUT2D eigenvalue weighted by molar-refractivity contribution is 7.92. The molecule has 26 heavy (non-hydrogen) atoms. The minimum absolute atomic E-state index is 0.383. The number of hydrazone groups is 1. The number of hydrogen-bond donors (Lipinski definition) is 1. The molecule has 1 N–H and O–H groups in total. The van der Waals surface area contributed by atoms with Crippen LogP contribution in [0.2, 0.25) is 10.0 Å². The minimum atomic E-state index is -3.67. The van der Waals surface area contributed by atoms with E-state index in [4.69, 9.17) is 23.2 Å². The number of benzene rings is 2. The molecule has 0 atom stereocenters. The van der Waals surface area contributed by atoms with Gasteiger partial charge in [0.05, 0.1) is 18.2 Å². The van der Waals surface area contributed by atoms with Crippen molar-refractivity contribution in [1.82, 2.24) is 5.43 Å². The Morgan fingerprint density at radius 3 is 2.35 bits per heavy atom. The highest BCUT2D eigenvalue weighted by Gasteiger charge is 2.22. The Hall–Kier alpha value is -2.09. The van der Waals surface area contributed by atoms with Gasteiger partial charge in [-0.3, -0.25) is 9.10 Å². The monoisotopic (exact) mass is 413 g/mol. The zero-order valence-corrected chi connectivity index (χ0v) is 16.4. The number of rotatable bonds is 6. The van der Waals surface area contributed by atoms with E-state index in [0.717, 1.165) is 16.1 Å². The maximum atomic E-state index is 12.1. The first-order valence-electron chi connectivity index (χ1n) is 7.48. The van der Waals surface area contributed by atoms with Crippen LogP contribution in [0.4, 0.5) is 5.69 Å².